The first-order valence-electron chi connectivity index (χ1n) is 9.13. The fourth-order valence-electron chi connectivity index (χ4n) is 3.20. The number of hydrogen-bond acceptors (Lipinski definition) is 5. The Morgan fingerprint density at radius 2 is 1.93 bits per heavy atom. The molecule has 140 valence electrons. The van der Waals surface area contributed by atoms with Crippen LogP contribution in [0.5, 0.6) is 0 Å². The zero-order chi connectivity index (χ0) is 19.5. The van der Waals surface area contributed by atoms with Crippen molar-refractivity contribution in [3.05, 3.63) is 77.1 Å². The second kappa shape index (κ2) is 7.86. The van der Waals surface area contributed by atoms with Crippen LogP contribution in [0.3, 0.4) is 0 Å². The largest absolute Gasteiger partial charge is 0.343 e. The Morgan fingerprint density at radius 3 is 2.64 bits per heavy atom. The van der Waals surface area contributed by atoms with Gasteiger partial charge in [0, 0.05) is 40.6 Å². The van der Waals surface area contributed by atoms with Gasteiger partial charge in [0.05, 0.1) is 11.6 Å². The van der Waals surface area contributed by atoms with Crippen molar-refractivity contribution in [3.63, 3.8) is 0 Å². The maximum absolute atomic E-state index is 13.1. The van der Waals surface area contributed by atoms with Crippen LogP contribution in [0.2, 0.25) is 0 Å². The predicted octanol–water partition coefficient (Wildman–Crippen LogP) is 4.88. The first-order valence-corrected chi connectivity index (χ1v) is 10.0. The summed E-state index contributed by atoms with van der Waals surface area (Å²) in [6, 6.07) is 11.5. The molecule has 4 aromatic rings. The van der Waals surface area contributed by atoms with E-state index in [1.165, 1.54) is 0 Å². The molecule has 1 N–H and O–H groups in total. The monoisotopic (exact) mass is 388 g/mol. The normalized spacial score (nSPS) is 12.2. The van der Waals surface area contributed by atoms with Gasteiger partial charge < -0.3 is 5.32 Å². The van der Waals surface area contributed by atoms with Gasteiger partial charge in [-0.25, -0.2) is 4.98 Å². The molecule has 1 atom stereocenters. The van der Waals surface area contributed by atoms with Crippen LogP contribution in [0.15, 0.2) is 66.6 Å². The van der Waals surface area contributed by atoms with Gasteiger partial charge in [-0.2, -0.15) is 0 Å². The summed E-state index contributed by atoms with van der Waals surface area (Å²) in [6.07, 6.45) is 6.97. The van der Waals surface area contributed by atoms with Crippen molar-refractivity contribution in [2.24, 2.45) is 5.92 Å². The third-order valence-corrected chi connectivity index (χ3v) is 5.57. The molecule has 0 bridgehead atoms. The topological polar surface area (TPSA) is 67.8 Å². The summed E-state index contributed by atoms with van der Waals surface area (Å²) in [7, 11) is 0. The van der Waals surface area contributed by atoms with E-state index < -0.39 is 0 Å². The molecule has 1 amide bonds. The standard InChI is InChI=1S/C22H20N4OS/c1-14(2)21(20-6-4-10-28-20)26-22(27)19-11-16(15-5-3-8-23-12-15)17-13-24-9-7-18(17)25-19/h3-14,21H,1-2H3,(H,26,27)/t21-/m1/s1. The number of nitrogens with zero attached hydrogens (tertiary/aromatic N) is 3. The van der Waals surface area contributed by atoms with Crippen LogP contribution in [0, 0.1) is 5.92 Å². The van der Waals surface area contributed by atoms with Gasteiger partial charge in [0.2, 0.25) is 0 Å². The second-order valence-corrected chi connectivity index (χ2v) is 7.88. The van der Waals surface area contributed by atoms with E-state index in [4.69, 9.17) is 0 Å². The molecule has 0 saturated heterocycles. The van der Waals surface area contributed by atoms with E-state index in [9.17, 15) is 4.79 Å². The molecule has 0 aliphatic carbocycles. The highest BCUT2D eigenvalue weighted by molar-refractivity contribution is 7.10. The van der Waals surface area contributed by atoms with Crippen molar-refractivity contribution in [2.75, 3.05) is 0 Å². The molecular formula is C22H20N4OS. The van der Waals surface area contributed by atoms with Crippen molar-refractivity contribution < 1.29 is 4.79 Å². The Hall–Kier alpha value is -3.12. The molecule has 0 radical (unpaired) electrons. The Balaban J connectivity index is 1.75. The number of amides is 1. The van der Waals surface area contributed by atoms with Gasteiger partial charge >= 0.3 is 0 Å². The number of pyridine rings is 3. The molecule has 4 heterocycles. The van der Waals surface area contributed by atoms with E-state index in [0.717, 1.165) is 26.9 Å². The number of carbonyl (C=O) groups is 1. The molecule has 0 spiro atoms. The number of rotatable bonds is 5. The van der Waals surface area contributed by atoms with Crippen LogP contribution < -0.4 is 5.32 Å². The third-order valence-electron chi connectivity index (χ3n) is 4.62. The number of aromatic nitrogens is 3. The van der Waals surface area contributed by atoms with Crippen molar-refractivity contribution in [3.8, 4) is 11.1 Å². The van der Waals surface area contributed by atoms with Gasteiger partial charge in [-0.15, -0.1) is 11.3 Å². The van der Waals surface area contributed by atoms with Crippen LogP contribution in [-0.2, 0) is 0 Å². The molecule has 4 rings (SSSR count). The molecule has 5 nitrogen and oxygen atoms in total. The molecular weight excluding hydrogens is 368 g/mol. The Kier molecular flexibility index (Phi) is 5.12. The van der Waals surface area contributed by atoms with E-state index in [1.54, 1.807) is 36.1 Å². The van der Waals surface area contributed by atoms with E-state index >= 15 is 0 Å². The molecule has 0 aliphatic heterocycles. The fourth-order valence-corrected chi connectivity index (χ4v) is 4.14. The Bertz CT molecular complexity index is 1090. The van der Waals surface area contributed by atoms with Gasteiger partial charge in [0.1, 0.15) is 5.69 Å². The van der Waals surface area contributed by atoms with Crippen LogP contribution >= 0.6 is 11.3 Å². The first kappa shape index (κ1) is 18.3. The van der Waals surface area contributed by atoms with E-state index in [2.05, 4.69) is 40.2 Å². The highest BCUT2D eigenvalue weighted by atomic mass is 32.1. The summed E-state index contributed by atoms with van der Waals surface area (Å²) in [4.78, 5) is 27.2. The molecule has 28 heavy (non-hydrogen) atoms. The van der Waals surface area contributed by atoms with Gasteiger partial charge in [-0.05, 0) is 41.1 Å². The van der Waals surface area contributed by atoms with E-state index in [0.29, 0.717) is 5.69 Å². The maximum atomic E-state index is 13.1. The fraction of sp³-hybridized carbons (Fsp3) is 0.182. The molecule has 0 aromatic carbocycles. The SMILES string of the molecule is CC(C)[C@@H](NC(=O)c1cc(-c2cccnc2)c2cnccc2n1)c1cccs1. The third kappa shape index (κ3) is 3.64. The summed E-state index contributed by atoms with van der Waals surface area (Å²) in [6.45, 7) is 4.20. The summed E-state index contributed by atoms with van der Waals surface area (Å²) in [5.74, 6) is 0.0843. The number of thiophene rings is 1. The van der Waals surface area contributed by atoms with Crippen LogP contribution in [0.4, 0.5) is 0 Å². The van der Waals surface area contributed by atoms with Gasteiger partial charge in [-0.3, -0.25) is 14.8 Å². The first-order chi connectivity index (χ1) is 13.6. The quantitative estimate of drug-likeness (QED) is 0.529. The average molecular weight is 388 g/mol. The summed E-state index contributed by atoms with van der Waals surface area (Å²) in [5, 5.41) is 6.08. The highest BCUT2D eigenvalue weighted by Gasteiger charge is 2.21. The molecule has 0 aliphatic rings. The minimum Gasteiger partial charge on any atom is -0.343 e. The van der Waals surface area contributed by atoms with Gasteiger partial charge in [0.15, 0.2) is 0 Å². The molecule has 4 aromatic heterocycles. The van der Waals surface area contributed by atoms with Crippen molar-refractivity contribution in [2.45, 2.75) is 19.9 Å². The number of fused-ring (bicyclic) bond motifs is 1. The highest BCUT2D eigenvalue weighted by Crippen LogP contribution is 2.29. The van der Waals surface area contributed by atoms with Crippen LogP contribution in [0.25, 0.3) is 22.0 Å². The average Bonchev–Trinajstić information content (AvgIpc) is 3.25. The Morgan fingerprint density at radius 1 is 1.07 bits per heavy atom. The molecule has 0 unspecified atom stereocenters. The lowest BCUT2D eigenvalue weighted by atomic mass is 10.0. The van der Waals surface area contributed by atoms with Crippen LogP contribution in [0.1, 0.15) is 35.3 Å². The lowest BCUT2D eigenvalue weighted by Gasteiger charge is -2.21. The van der Waals surface area contributed by atoms with Crippen molar-refractivity contribution in [1.82, 2.24) is 20.3 Å². The summed E-state index contributed by atoms with van der Waals surface area (Å²) >= 11 is 1.65. The zero-order valence-corrected chi connectivity index (χ0v) is 16.5. The molecule has 0 saturated carbocycles. The van der Waals surface area contributed by atoms with E-state index in [-0.39, 0.29) is 17.9 Å². The van der Waals surface area contributed by atoms with Gasteiger partial charge in [-0.1, -0.05) is 26.0 Å². The smallest absolute Gasteiger partial charge is 0.270 e. The number of nitrogens with one attached hydrogen (secondary N) is 1. The molecule has 0 fully saturated rings. The van der Waals surface area contributed by atoms with Crippen molar-refractivity contribution >= 4 is 28.1 Å². The zero-order valence-electron chi connectivity index (χ0n) is 15.7. The van der Waals surface area contributed by atoms with E-state index in [1.807, 2.05) is 35.7 Å². The predicted molar refractivity (Wildman–Crippen MR) is 112 cm³/mol. The molecule has 6 heteroatoms. The van der Waals surface area contributed by atoms with Crippen molar-refractivity contribution in [1.29, 1.82) is 0 Å². The minimum atomic E-state index is -0.184. The van der Waals surface area contributed by atoms with Crippen LogP contribution in [-0.4, -0.2) is 20.9 Å². The second-order valence-electron chi connectivity index (χ2n) is 6.90. The minimum absolute atomic E-state index is 0.0516. The van der Waals surface area contributed by atoms with Gasteiger partial charge in [0.25, 0.3) is 5.91 Å². The summed E-state index contributed by atoms with van der Waals surface area (Å²) in [5.41, 5.74) is 2.95. The maximum Gasteiger partial charge on any atom is 0.270 e. The number of carbonyl (C=O) groups excluding carboxylic acids is 1. The Labute approximate surface area is 167 Å². The lowest BCUT2D eigenvalue weighted by Crippen LogP contribution is -2.31. The lowest BCUT2D eigenvalue weighted by molar-refractivity contribution is 0.0922. The summed E-state index contributed by atoms with van der Waals surface area (Å²) < 4.78 is 0. The number of hydrogen-bond donors (Lipinski definition) is 1.